The maximum absolute atomic E-state index is 13.9. The van der Waals surface area contributed by atoms with Gasteiger partial charge in [0.25, 0.3) is 0 Å². The van der Waals surface area contributed by atoms with Gasteiger partial charge in [0, 0.05) is 25.8 Å². The Bertz CT molecular complexity index is 533. The van der Waals surface area contributed by atoms with E-state index in [1.807, 2.05) is 30.3 Å². The van der Waals surface area contributed by atoms with Gasteiger partial charge in [-0.3, -0.25) is 0 Å². The molecule has 0 saturated heterocycles. The average Bonchev–Trinajstić information content (AvgIpc) is 2.39. The van der Waals surface area contributed by atoms with Crippen molar-refractivity contribution in [3.05, 3.63) is 59.0 Å². The highest BCUT2D eigenvalue weighted by molar-refractivity contribution is 6.30. The van der Waals surface area contributed by atoms with Gasteiger partial charge in [-0.15, -0.1) is 0 Å². The summed E-state index contributed by atoms with van der Waals surface area (Å²) in [4.78, 5) is 5.86. The number of aromatic nitrogens is 1. The Labute approximate surface area is 116 Å². The SMILES string of the molecule is NCCN(Cc1ccccc1)c1ncc(Cl)cc1F. The van der Waals surface area contributed by atoms with Crippen molar-refractivity contribution < 1.29 is 4.39 Å². The zero-order valence-corrected chi connectivity index (χ0v) is 11.1. The van der Waals surface area contributed by atoms with Crippen LogP contribution in [0.1, 0.15) is 5.56 Å². The molecule has 0 amide bonds. The van der Waals surface area contributed by atoms with Crippen LogP contribution in [0.3, 0.4) is 0 Å². The molecule has 1 aromatic heterocycles. The first-order valence-electron chi connectivity index (χ1n) is 6.00. The molecule has 2 rings (SSSR count). The molecule has 0 saturated carbocycles. The van der Waals surface area contributed by atoms with Crippen molar-refractivity contribution in [1.82, 2.24) is 4.98 Å². The van der Waals surface area contributed by atoms with Crippen molar-refractivity contribution in [3.8, 4) is 0 Å². The van der Waals surface area contributed by atoms with Crippen LogP contribution >= 0.6 is 11.6 Å². The van der Waals surface area contributed by atoms with Crippen LogP contribution in [0.15, 0.2) is 42.6 Å². The lowest BCUT2D eigenvalue weighted by atomic mass is 10.2. The highest BCUT2D eigenvalue weighted by Crippen LogP contribution is 2.21. The Morgan fingerprint density at radius 3 is 2.63 bits per heavy atom. The van der Waals surface area contributed by atoms with Crippen LogP contribution in [0.5, 0.6) is 0 Å². The Morgan fingerprint density at radius 1 is 1.26 bits per heavy atom. The number of rotatable bonds is 5. The van der Waals surface area contributed by atoms with Gasteiger partial charge in [0.15, 0.2) is 11.6 Å². The van der Waals surface area contributed by atoms with Crippen molar-refractivity contribution in [3.63, 3.8) is 0 Å². The smallest absolute Gasteiger partial charge is 0.167 e. The minimum Gasteiger partial charge on any atom is -0.349 e. The predicted molar refractivity (Wildman–Crippen MR) is 75.8 cm³/mol. The normalized spacial score (nSPS) is 10.5. The van der Waals surface area contributed by atoms with E-state index < -0.39 is 5.82 Å². The molecule has 0 aliphatic rings. The van der Waals surface area contributed by atoms with Gasteiger partial charge >= 0.3 is 0 Å². The van der Waals surface area contributed by atoms with E-state index in [-0.39, 0.29) is 10.8 Å². The lowest BCUT2D eigenvalue weighted by Crippen LogP contribution is -2.30. The molecule has 0 bridgehead atoms. The van der Waals surface area contributed by atoms with E-state index in [1.54, 1.807) is 4.90 Å². The Balaban J connectivity index is 2.24. The summed E-state index contributed by atoms with van der Waals surface area (Å²) in [6.07, 6.45) is 1.44. The van der Waals surface area contributed by atoms with E-state index in [2.05, 4.69) is 4.98 Å². The van der Waals surface area contributed by atoms with Crippen LogP contribution in [-0.4, -0.2) is 18.1 Å². The topological polar surface area (TPSA) is 42.1 Å². The fraction of sp³-hybridized carbons (Fsp3) is 0.214. The zero-order valence-electron chi connectivity index (χ0n) is 10.4. The van der Waals surface area contributed by atoms with E-state index in [4.69, 9.17) is 17.3 Å². The van der Waals surface area contributed by atoms with Gasteiger partial charge in [-0.05, 0) is 11.6 Å². The molecule has 2 N–H and O–H groups in total. The summed E-state index contributed by atoms with van der Waals surface area (Å²) in [7, 11) is 0. The van der Waals surface area contributed by atoms with Gasteiger partial charge in [0.05, 0.1) is 5.02 Å². The summed E-state index contributed by atoms with van der Waals surface area (Å²) in [6, 6.07) is 11.1. The minimum atomic E-state index is -0.433. The lowest BCUT2D eigenvalue weighted by Gasteiger charge is -2.23. The molecule has 0 fully saturated rings. The molecule has 1 aromatic carbocycles. The number of nitrogens with zero attached hydrogens (tertiary/aromatic N) is 2. The summed E-state index contributed by atoms with van der Waals surface area (Å²) in [5.41, 5.74) is 6.66. The standard InChI is InChI=1S/C14H15ClFN3/c15-12-8-13(16)14(18-9-12)19(7-6-17)10-11-4-2-1-3-5-11/h1-5,8-9H,6-7,10,17H2. The molecule has 5 heteroatoms. The van der Waals surface area contributed by atoms with Crippen molar-refractivity contribution in [1.29, 1.82) is 0 Å². The number of halogens is 2. The number of hydrogen-bond acceptors (Lipinski definition) is 3. The number of nitrogens with two attached hydrogens (primary N) is 1. The number of anilines is 1. The van der Waals surface area contributed by atoms with Crippen LogP contribution in [0.4, 0.5) is 10.2 Å². The second kappa shape index (κ2) is 6.50. The van der Waals surface area contributed by atoms with Gasteiger partial charge in [-0.1, -0.05) is 41.9 Å². The first kappa shape index (κ1) is 13.8. The van der Waals surface area contributed by atoms with Gasteiger partial charge in [0.1, 0.15) is 0 Å². The van der Waals surface area contributed by atoms with Crippen LogP contribution in [0.25, 0.3) is 0 Å². The summed E-state index contributed by atoms with van der Waals surface area (Å²) in [6.45, 7) is 1.51. The second-order valence-corrected chi connectivity index (χ2v) is 4.59. The highest BCUT2D eigenvalue weighted by Gasteiger charge is 2.13. The molecule has 19 heavy (non-hydrogen) atoms. The van der Waals surface area contributed by atoms with Crippen LogP contribution in [0, 0.1) is 5.82 Å². The quantitative estimate of drug-likeness (QED) is 0.915. The summed E-state index contributed by atoms with van der Waals surface area (Å²) in [5.74, 6) is -0.157. The van der Waals surface area contributed by atoms with Crippen LogP contribution in [-0.2, 0) is 6.54 Å². The Hall–Kier alpha value is -1.65. The molecule has 0 aliphatic heterocycles. The fourth-order valence-corrected chi connectivity index (χ4v) is 2.00. The third-order valence-electron chi connectivity index (χ3n) is 2.70. The average molecular weight is 280 g/mol. The minimum absolute atomic E-state index is 0.277. The maximum Gasteiger partial charge on any atom is 0.167 e. The number of pyridine rings is 1. The third kappa shape index (κ3) is 3.66. The molecule has 1 heterocycles. The van der Waals surface area contributed by atoms with E-state index >= 15 is 0 Å². The van der Waals surface area contributed by atoms with Crippen molar-refractivity contribution >= 4 is 17.4 Å². The lowest BCUT2D eigenvalue weighted by molar-refractivity contribution is 0.607. The molecule has 3 nitrogen and oxygen atoms in total. The molecular weight excluding hydrogens is 265 g/mol. The molecule has 0 atom stereocenters. The Kier molecular flexibility index (Phi) is 4.71. The van der Waals surface area contributed by atoms with Crippen LogP contribution < -0.4 is 10.6 Å². The van der Waals surface area contributed by atoms with E-state index in [0.717, 1.165) is 5.56 Å². The first-order valence-corrected chi connectivity index (χ1v) is 6.38. The number of hydrogen-bond donors (Lipinski definition) is 1. The van der Waals surface area contributed by atoms with Gasteiger partial charge in [-0.2, -0.15) is 0 Å². The summed E-state index contributed by atoms with van der Waals surface area (Å²) in [5, 5.41) is 0.286. The fourth-order valence-electron chi connectivity index (χ4n) is 1.86. The molecule has 2 aromatic rings. The zero-order chi connectivity index (χ0) is 13.7. The summed E-state index contributed by atoms with van der Waals surface area (Å²) < 4.78 is 13.9. The van der Waals surface area contributed by atoms with Crippen molar-refractivity contribution in [2.75, 3.05) is 18.0 Å². The largest absolute Gasteiger partial charge is 0.349 e. The van der Waals surface area contributed by atoms with Crippen molar-refractivity contribution in [2.24, 2.45) is 5.73 Å². The van der Waals surface area contributed by atoms with Gasteiger partial charge in [0.2, 0.25) is 0 Å². The van der Waals surface area contributed by atoms with E-state index in [9.17, 15) is 4.39 Å². The maximum atomic E-state index is 13.9. The molecule has 0 radical (unpaired) electrons. The third-order valence-corrected chi connectivity index (χ3v) is 2.91. The van der Waals surface area contributed by atoms with Gasteiger partial charge in [-0.25, -0.2) is 9.37 Å². The van der Waals surface area contributed by atoms with Gasteiger partial charge < -0.3 is 10.6 Å². The molecule has 0 unspecified atom stereocenters. The van der Waals surface area contributed by atoms with Crippen molar-refractivity contribution in [2.45, 2.75) is 6.54 Å². The van der Waals surface area contributed by atoms with E-state index in [1.165, 1.54) is 12.3 Å². The monoisotopic (exact) mass is 279 g/mol. The Morgan fingerprint density at radius 2 is 2.00 bits per heavy atom. The highest BCUT2D eigenvalue weighted by atomic mass is 35.5. The van der Waals surface area contributed by atoms with Crippen LogP contribution in [0.2, 0.25) is 5.02 Å². The number of benzene rings is 1. The predicted octanol–water partition coefficient (Wildman–Crippen LogP) is 2.84. The summed E-state index contributed by atoms with van der Waals surface area (Å²) >= 11 is 5.71. The molecule has 0 spiro atoms. The van der Waals surface area contributed by atoms with E-state index in [0.29, 0.717) is 19.6 Å². The molecule has 0 aliphatic carbocycles. The second-order valence-electron chi connectivity index (χ2n) is 4.15. The molecule has 100 valence electrons. The molecular formula is C14H15ClFN3. The first-order chi connectivity index (χ1) is 9.20.